The number of hydrogen-bond acceptors (Lipinski definition) is 5. The Morgan fingerprint density at radius 3 is 2.76 bits per heavy atom. The number of sulfonamides is 1. The molecular weight excluding hydrogens is 394 g/mol. The number of benzene rings is 1. The van der Waals surface area contributed by atoms with Crippen LogP contribution in [0.15, 0.2) is 53.5 Å². The van der Waals surface area contributed by atoms with E-state index in [0.717, 1.165) is 0 Å². The van der Waals surface area contributed by atoms with Gasteiger partial charge in [0.2, 0.25) is 10.0 Å². The Labute approximate surface area is 168 Å². The second-order valence-electron chi connectivity index (χ2n) is 6.55. The summed E-state index contributed by atoms with van der Waals surface area (Å²) in [6.07, 6.45) is 2.69. The van der Waals surface area contributed by atoms with Gasteiger partial charge in [-0.1, -0.05) is 19.1 Å². The average Bonchev–Trinajstić information content (AvgIpc) is 3.01. The summed E-state index contributed by atoms with van der Waals surface area (Å²) in [6.45, 7) is 2.51. The van der Waals surface area contributed by atoms with Crippen molar-refractivity contribution in [2.24, 2.45) is 0 Å². The molecule has 0 spiro atoms. The second kappa shape index (κ2) is 8.91. The molecule has 0 saturated heterocycles. The van der Waals surface area contributed by atoms with Gasteiger partial charge in [-0.15, -0.1) is 5.10 Å². The molecule has 29 heavy (non-hydrogen) atoms. The number of nitrogens with one attached hydrogen (secondary N) is 2. The maximum absolute atomic E-state index is 12.3. The first kappa shape index (κ1) is 20.6. The lowest BCUT2D eigenvalue weighted by Crippen LogP contribution is -2.27. The van der Waals surface area contributed by atoms with Gasteiger partial charge in [0.1, 0.15) is 0 Å². The number of fused-ring (bicyclic) bond motifs is 1. The predicted molar refractivity (Wildman–Crippen MR) is 111 cm³/mol. The zero-order valence-electron chi connectivity index (χ0n) is 16.0. The summed E-state index contributed by atoms with van der Waals surface area (Å²) < 4.78 is 29.0. The Kier molecular flexibility index (Phi) is 6.32. The molecule has 0 unspecified atom stereocenters. The maximum Gasteiger partial charge on any atom is 0.350 e. The molecule has 1 aromatic carbocycles. The van der Waals surface area contributed by atoms with Crippen LogP contribution in [0.1, 0.15) is 30.1 Å². The molecule has 0 fully saturated rings. The van der Waals surface area contributed by atoms with Crippen LogP contribution >= 0.6 is 0 Å². The zero-order valence-corrected chi connectivity index (χ0v) is 16.9. The third kappa shape index (κ3) is 5.23. The van der Waals surface area contributed by atoms with E-state index in [1.54, 1.807) is 43.5 Å². The molecule has 154 valence electrons. The third-order valence-corrected chi connectivity index (χ3v) is 5.68. The van der Waals surface area contributed by atoms with Gasteiger partial charge in [0.15, 0.2) is 5.65 Å². The number of aryl methyl sites for hydroxylation is 1. The molecular formula is C19H23N5O4S. The van der Waals surface area contributed by atoms with E-state index in [9.17, 15) is 18.0 Å². The van der Waals surface area contributed by atoms with Gasteiger partial charge in [-0.2, -0.15) is 0 Å². The van der Waals surface area contributed by atoms with Gasteiger partial charge in [-0.25, -0.2) is 17.9 Å². The van der Waals surface area contributed by atoms with Gasteiger partial charge in [0, 0.05) is 30.5 Å². The quantitative estimate of drug-likeness (QED) is 0.512. The highest BCUT2D eigenvalue weighted by molar-refractivity contribution is 7.92. The number of aromatic nitrogens is 3. The molecule has 9 nitrogen and oxygen atoms in total. The van der Waals surface area contributed by atoms with Crippen molar-refractivity contribution in [2.75, 3.05) is 17.0 Å². The standard InChI is InChI=1S/C19H23N5O4S/c1-2-13-29(27,28)22-16-8-5-7-15(14-16)18(25)20-10-6-12-24-19(26)23-11-4-3-9-17(23)21-24/h3-5,7-9,11,14,22H,2,6,10,12-13H2,1H3,(H,20,25). The SMILES string of the molecule is CCCS(=O)(=O)Nc1cccc(C(=O)NCCCn2nc3ccccn3c2=O)c1. The van der Waals surface area contributed by atoms with Crippen LogP contribution in [-0.4, -0.2) is 40.8 Å². The first-order valence-corrected chi connectivity index (χ1v) is 11.0. The van der Waals surface area contributed by atoms with E-state index in [2.05, 4.69) is 15.1 Å². The monoisotopic (exact) mass is 417 g/mol. The molecule has 10 heteroatoms. The summed E-state index contributed by atoms with van der Waals surface area (Å²) in [5.41, 5.74) is 1.05. The average molecular weight is 417 g/mol. The first-order chi connectivity index (χ1) is 13.9. The molecule has 0 bridgehead atoms. The number of carbonyl (C=O) groups is 1. The molecule has 1 amide bonds. The lowest BCUT2D eigenvalue weighted by atomic mass is 10.2. The van der Waals surface area contributed by atoms with Crippen molar-refractivity contribution >= 4 is 27.3 Å². The lowest BCUT2D eigenvalue weighted by Gasteiger charge is -2.09. The van der Waals surface area contributed by atoms with E-state index in [1.807, 2.05) is 6.07 Å². The van der Waals surface area contributed by atoms with Gasteiger partial charge in [-0.05, 0) is 43.2 Å². The molecule has 2 aromatic heterocycles. The number of nitrogens with zero attached hydrogens (tertiary/aromatic N) is 3. The van der Waals surface area contributed by atoms with E-state index < -0.39 is 10.0 Å². The topological polar surface area (TPSA) is 115 Å². The Morgan fingerprint density at radius 1 is 1.17 bits per heavy atom. The van der Waals surface area contributed by atoms with Crippen molar-refractivity contribution in [3.8, 4) is 0 Å². The van der Waals surface area contributed by atoms with Gasteiger partial charge < -0.3 is 5.32 Å². The van der Waals surface area contributed by atoms with Gasteiger partial charge in [-0.3, -0.25) is 13.9 Å². The number of carbonyl (C=O) groups excluding carboxylic acids is 1. The summed E-state index contributed by atoms with van der Waals surface area (Å²) in [5, 5.41) is 7.01. The molecule has 3 aromatic rings. The summed E-state index contributed by atoms with van der Waals surface area (Å²) in [5.74, 6) is -0.296. The fourth-order valence-corrected chi connectivity index (χ4v) is 4.00. The minimum atomic E-state index is -3.42. The van der Waals surface area contributed by atoms with E-state index in [0.29, 0.717) is 42.8 Å². The van der Waals surface area contributed by atoms with Crippen LogP contribution in [0.5, 0.6) is 0 Å². The molecule has 3 rings (SSSR count). The fourth-order valence-electron chi connectivity index (χ4n) is 2.87. The number of amides is 1. The molecule has 0 radical (unpaired) electrons. The number of rotatable bonds is 9. The van der Waals surface area contributed by atoms with E-state index >= 15 is 0 Å². The number of hydrogen-bond donors (Lipinski definition) is 2. The van der Waals surface area contributed by atoms with Gasteiger partial charge in [0.25, 0.3) is 5.91 Å². The minimum Gasteiger partial charge on any atom is -0.352 e. The van der Waals surface area contributed by atoms with Crippen LogP contribution in [0.25, 0.3) is 5.65 Å². The summed E-state index contributed by atoms with van der Waals surface area (Å²) >= 11 is 0. The van der Waals surface area contributed by atoms with Crippen LogP contribution in [0.4, 0.5) is 5.69 Å². The normalized spacial score (nSPS) is 11.5. The summed E-state index contributed by atoms with van der Waals surface area (Å²) in [6, 6.07) is 11.6. The molecule has 0 aliphatic rings. The summed E-state index contributed by atoms with van der Waals surface area (Å²) in [4.78, 5) is 24.5. The predicted octanol–water partition coefficient (Wildman–Crippen LogP) is 1.47. The first-order valence-electron chi connectivity index (χ1n) is 9.32. The van der Waals surface area contributed by atoms with Crippen LogP contribution < -0.4 is 15.7 Å². The van der Waals surface area contributed by atoms with Crippen LogP contribution in [0.3, 0.4) is 0 Å². The minimum absolute atomic E-state index is 0.0197. The van der Waals surface area contributed by atoms with Gasteiger partial charge >= 0.3 is 5.69 Å². The second-order valence-corrected chi connectivity index (χ2v) is 8.39. The molecule has 2 heterocycles. The number of anilines is 1. The number of pyridine rings is 1. The van der Waals surface area contributed by atoms with Crippen LogP contribution in [0, 0.1) is 0 Å². The Bertz CT molecular complexity index is 1170. The lowest BCUT2D eigenvalue weighted by molar-refractivity contribution is 0.0952. The van der Waals surface area contributed by atoms with E-state index in [-0.39, 0.29) is 17.3 Å². The van der Waals surface area contributed by atoms with Crippen molar-refractivity contribution in [2.45, 2.75) is 26.3 Å². The third-order valence-electron chi connectivity index (χ3n) is 4.19. The highest BCUT2D eigenvalue weighted by Crippen LogP contribution is 2.13. The summed E-state index contributed by atoms with van der Waals surface area (Å²) in [7, 11) is -3.42. The van der Waals surface area contributed by atoms with E-state index in [4.69, 9.17) is 0 Å². The van der Waals surface area contributed by atoms with Crippen molar-refractivity contribution < 1.29 is 13.2 Å². The van der Waals surface area contributed by atoms with Crippen molar-refractivity contribution in [3.05, 3.63) is 64.7 Å². The van der Waals surface area contributed by atoms with Crippen molar-refractivity contribution in [1.29, 1.82) is 0 Å². The fraction of sp³-hybridized carbons (Fsp3) is 0.316. The highest BCUT2D eigenvalue weighted by Gasteiger charge is 2.11. The van der Waals surface area contributed by atoms with E-state index in [1.165, 1.54) is 15.1 Å². The smallest absolute Gasteiger partial charge is 0.350 e. The molecule has 0 atom stereocenters. The molecule has 2 N–H and O–H groups in total. The Balaban J connectivity index is 1.55. The molecule has 0 aliphatic heterocycles. The highest BCUT2D eigenvalue weighted by atomic mass is 32.2. The zero-order chi connectivity index (χ0) is 20.9. The van der Waals surface area contributed by atoms with Crippen LogP contribution in [0.2, 0.25) is 0 Å². The molecule has 0 saturated carbocycles. The van der Waals surface area contributed by atoms with Gasteiger partial charge in [0.05, 0.1) is 5.75 Å². The molecule has 0 aliphatic carbocycles. The largest absolute Gasteiger partial charge is 0.352 e. The Hall–Kier alpha value is -3.14. The maximum atomic E-state index is 12.3. The van der Waals surface area contributed by atoms with Crippen molar-refractivity contribution in [3.63, 3.8) is 0 Å². The van der Waals surface area contributed by atoms with Crippen molar-refractivity contribution in [1.82, 2.24) is 19.5 Å². The Morgan fingerprint density at radius 2 is 2.00 bits per heavy atom. The van der Waals surface area contributed by atoms with Crippen LogP contribution in [-0.2, 0) is 16.6 Å².